The Balaban J connectivity index is 1.25. The number of amides is 1. The van der Waals surface area contributed by atoms with Crippen molar-refractivity contribution in [2.75, 3.05) is 5.32 Å². The molecule has 5 aromatic rings. The van der Waals surface area contributed by atoms with Crippen molar-refractivity contribution in [2.45, 2.75) is 19.9 Å². The summed E-state index contributed by atoms with van der Waals surface area (Å²) in [5, 5.41) is 4.22. The zero-order valence-corrected chi connectivity index (χ0v) is 18.1. The second-order valence-electron chi connectivity index (χ2n) is 7.43. The summed E-state index contributed by atoms with van der Waals surface area (Å²) < 4.78 is 2.58. The van der Waals surface area contributed by atoms with Crippen LogP contribution in [0.5, 0.6) is 0 Å². The molecule has 0 unspecified atom stereocenters. The molecule has 0 radical (unpaired) electrons. The van der Waals surface area contributed by atoms with Crippen LogP contribution < -0.4 is 10.9 Å². The number of nitrogens with zero attached hydrogens (tertiary/aromatic N) is 4. The van der Waals surface area contributed by atoms with Crippen LogP contribution in [0.4, 0.5) is 5.82 Å². The van der Waals surface area contributed by atoms with Gasteiger partial charge in [0.1, 0.15) is 10.8 Å². The van der Waals surface area contributed by atoms with Crippen molar-refractivity contribution in [3.8, 4) is 10.6 Å². The Morgan fingerprint density at radius 2 is 1.94 bits per heavy atom. The Kier molecular flexibility index (Phi) is 5.20. The number of carbonyl (C=O) groups is 1. The summed E-state index contributed by atoms with van der Waals surface area (Å²) in [6.45, 7) is 2.16. The Hall–Kier alpha value is -3.91. The molecular formula is C24H19N5O2S. The highest BCUT2D eigenvalue weighted by Crippen LogP contribution is 2.29. The highest BCUT2D eigenvalue weighted by molar-refractivity contribution is 7.21. The maximum atomic E-state index is 12.7. The number of aryl methyl sites for hydroxylation is 2. The highest BCUT2D eigenvalue weighted by atomic mass is 32.1. The molecule has 0 fully saturated rings. The van der Waals surface area contributed by atoms with Crippen LogP contribution in [0.2, 0.25) is 0 Å². The van der Waals surface area contributed by atoms with Crippen LogP contribution in [0.3, 0.4) is 0 Å². The van der Waals surface area contributed by atoms with Crippen molar-refractivity contribution >= 4 is 44.2 Å². The van der Waals surface area contributed by atoms with Gasteiger partial charge in [0.05, 0.1) is 27.4 Å². The predicted octanol–water partition coefficient (Wildman–Crippen LogP) is 4.41. The molecule has 1 N–H and O–H groups in total. The lowest BCUT2D eigenvalue weighted by Crippen LogP contribution is -2.24. The molecule has 2 aromatic carbocycles. The van der Waals surface area contributed by atoms with E-state index < -0.39 is 0 Å². The normalized spacial score (nSPS) is 11.2. The monoisotopic (exact) mass is 441 g/mol. The molecule has 0 atom stereocenters. The first kappa shape index (κ1) is 20.0. The lowest BCUT2D eigenvalue weighted by Gasteiger charge is -2.08. The van der Waals surface area contributed by atoms with Crippen LogP contribution in [0.25, 0.3) is 31.7 Å². The number of hydrogen-bond acceptors (Lipinski definition) is 6. The van der Waals surface area contributed by atoms with E-state index in [1.54, 1.807) is 29.7 Å². The minimum atomic E-state index is -0.221. The Morgan fingerprint density at radius 3 is 2.75 bits per heavy atom. The number of fused-ring (bicyclic) bond motifs is 2. The van der Waals surface area contributed by atoms with Gasteiger partial charge in [-0.1, -0.05) is 24.3 Å². The van der Waals surface area contributed by atoms with Gasteiger partial charge >= 0.3 is 0 Å². The molecule has 0 bridgehead atoms. The van der Waals surface area contributed by atoms with Gasteiger partial charge in [0.2, 0.25) is 5.91 Å². The molecule has 1 amide bonds. The quantitative estimate of drug-likeness (QED) is 0.436. The maximum absolute atomic E-state index is 12.7. The van der Waals surface area contributed by atoms with Crippen molar-refractivity contribution in [3.05, 3.63) is 83.0 Å². The SMILES string of the molecule is Cc1cccc2c(=O)n(CCC(=O)Nc3ccc(-c4nc5ccccc5s4)cn3)cnc12. The van der Waals surface area contributed by atoms with E-state index in [0.717, 1.165) is 26.4 Å². The lowest BCUT2D eigenvalue weighted by atomic mass is 10.1. The molecule has 0 saturated carbocycles. The summed E-state index contributed by atoms with van der Waals surface area (Å²) in [5.74, 6) is 0.237. The van der Waals surface area contributed by atoms with Gasteiger partial charge in [0, 0.05) is 24.7 Å². The fraction of sp³-hybridized carbons (Fsp3) is 0.125. The van der Waals surface area contributed by atoms with Gasteiger partial charge in [-0.2, -0.15) is 0 Å². The van der Waals surface area contributed by atoms with Crippen LogP contribution in [0, 0.1) is 6.92 Å². The molecular weight excluding hydrogens is 422 g/mol. The summed E-state index contributed by atoms with van der Waals surface area (Å²) in [5.41, 5.74) is 3.34. The van der Waals surface area contributed by atoms with E-state index in [1.807, 2.05) is 49.4 Å². The molecule has 0 aliphatic rings. The first-order valence-corrected chi connectivity index (χ1v) is 11.0. The first-order valence-electron chi connectivity index (χ1n) is 10.1. The van der Waals surface area contributed by atoms with Gasteiger partial charge in [-0.3, -0.25) is 14.2 Å². The molecule has 158 valence electrons. The standard InChI is InChI=1S/C24H19N5O2S/c1-15-5-4-6-17-22(15)26-14-29(24(17)31)12-11-21(30)28-20-10-9-16(13-25-20)23-27-18-7-2-3-8-19(18)32-23/h2-10,13-14H,11-12H2,1H3,(H,25,28,30). The zero-order valence-electron chi connectivity index (χ0n) is 17.3. The lowest BCUT2D eigenvalue weighted by molar-refractivity contribution is -0.116. The summed E-state index contributed by atoms with van der Waals surface area (Å²) in [6.07, 6.45) is 3.34. The summed E-state index contributed by atoms with van der Waals surface area (Å²) in [4.78, 5) is 38.4. The van der Waals surface area contributed by atoms with Gasteiger partial charge in [-0.15, -0.1) is 11.3 Å². The largest absolute Gasteiger partial charge is 0.311 e. The molecule has 3 heterocycles. The predicted molar refractivity (Wildman–Crippen MR) is 127 cm³/mol. The average Bonchev–Trinajstić information content (AvgIpc) is 3.24. The molecule has 32 heavy (non-hydrogen) atoms. The van der Waals surface area contributed by atoms with Crippen LogP contribution in [0.1, 0.15) is 12.0 Å². The first-order chi connectivity index (χ1) is 15.6. The maximum Gasteiger partial charge on any atom is 0.261 e. The van der Waals surface area contributed by atoms with E-state index in [9.17, 15) is 9.59 Å². The molecule has 8 heteroatoms. The van der Waals surface area contributed by atoms with E-state index in [1.165, 1.54) is 10.9 Å². The van der Waals surface area contributed by atoms with Crippen molar-refractivity contribution < 1.29 is 4.79 Å². The molecule has 3 aromatic heterocycles. The molecule has 0 aliphatic heterocycles. The third-order valence-electron chi connectivity index (χ3n) is 5.21. The Bertz CT molecular complexity index is 1470. The highest BCUT2D eigenvalue weighted by Gasteiger charge is 2.10. The Labute approximate surface area is 187 Å². The van der Waals surface area contributed by atoms with E-state index in [-0.39, 0.29) is 24.4 Å². The van der Waals surface area contributed by atoms with E-state index in [4.69, 9.17) is 0 Å². The van der Waals surface area contributed by atoms with E-state index in [0.29, 0.717) is 16.7 Å². The minimum absolute atomic E-state index is 0.139. The van der Waals surface area contributed by atoms with Crippen LogP contribution in [-0.2, 0) is 11.3 Å². The third kappa shape index (κ3) is 3.88. The van der Waals surface area contributed by atoms with Gasteiger partial charge in [0.15, 0.2) is 0 Å². The number of thiazole rings is 1. The Morgan fingerprint density at radius 1 is 1.06 bits per heavy atom. The molecule has 5 rings (SSSR count). The fourth-order valence-corrected chi connectivity index (χ4v) is 4.47. The number of para-hydroxylation sites is 2. The van der Waals surface area contributed by atoms with Crippen molar-refractivity contribution in [1.29, 1.82) is 0 Å². The van der Waals surface area contributed by atoms with Crippen molar-refractivity contribution in [3.63, 3.8) is 0 Å². The topological polar surface area (TPSA) is 89.8 Å². The number of pyridine rings is 1. The third-order valence-corrected chi connectivity index (χ3v) is 6.29. The molecule has 7 nitrogen and oxygen atoms in total. The second kappa shape index (κ2) is 8.32. The summed E-state index contributed by atoms with van der Waals surface area (Å²) >= 11 is 1.60. The second-order valence-corrected chi connectivity index (χ2v) is 8.46. The number of anilines is 1. The van der Waals surface area contributed by atoms with E-state index in [2.05, 4.69) is 20.3 Å². The number of aromatic nitrogens is 4. The van der Waals surface area contributed by atoms with Gasteiger partial charge in [-0.25, -0.2) is 15.0 Å². The van der Waals surface area contributed by atoms with E-state index >= 15 is 0 Å². The number of nitrogens with one attached hydrogen (secondary N) is 1. The van der Waals surface area contributed by atoms with Gasteiger partial charge in [-0.05, 0) is 42.8 Å². The number of carbonyl (C=O) groups excluding carboxylic acids is 1. The average molecular weight is 442 g/mol. The molecule has 0 aliphatic carbocycles. The molecule has 0 saturated heterocycles. The smallest absolute Gasteiger partial charge is 0.261 e. The number of benzene rings is 2. The van der Waals surface area contributed by atoms with Crippen LogP contribution in [0.15, 0.2) is 71.9 Å². The van der Waals surface area contributed by atoms with Crippen LogP contribution in [-0.4, -0.2) is 25.4 Å². The van der Waals surface area contributed by atoms with Crippen LogP contribution >= 0.6 is 11.3 Å². The van der Waals surface area contributed by atoms with Crippen molar-refractivity contribution in [1.82, 2.24) is 19.5 Å². The van der Waals surface area contributed by atoms with Crippen molar-refractivity contribution in [2.24, 2.45) is 0 Å². The zero-order chi connectivity index (χ0) is 22.1. The number of rotatable bonds is 5. The fourth-order valence-electron chi connectivity index (χ4n) is 3.51. The van der Waals surface area contributed by atoms with Gasteiger partial charge in [0.25, 0.3) is 5.56 Å². The number of hydrogen-bond donors (Lipinski definition) is 1. The summed E-state index contributed by atoms with van der Waals surface area (Å²) in [6, 6.07) is 17.1. The minimum Gasteiger partial charge on any atom is -0.311 e. The summed E-state index contributed by atoms with van der Waals surface area (Å²) in [7, 11) is 0. The van der Waals surface area contributed by atoms with Gasteiger partial charge < -0.3 is 5.32 Å². The molecule has 0 spiro atoms.